The Morgan fingerprint density at radius 3 is 2.43 bits per heavy atom. The SMILES string of the molecule is COc1ccccc1S[C@@H]1CCCC[C@H]1SCC(=O)Nc1c(C)cccc1C. The van der Waals surface area contributed by atoms with Gasteiger partial charge >= 0.3 is 0 Å². The Bertz CT molecular complexity index is 789. The van der Waals surface area contributed by atoms with Gasteiger partial charge in [-0.25, -0.2) is 0 Å². The van der Waals surface area contributed by atoms with Gasteiger partial charge in [0.1, 0.15) is 5.75 Å². The second kappa shape index (κ2) is 10.3. The Hall–Kier alpha value is -1.59. The number of benzene rings is 2. The van der Waals surface area contributed by atoms with Crippen LogP contribution in [0.15, 0.2) is 47.4 Å². The van der Waals surface area contributed by atoms with Gasteiger partial charge in [-0.05, 0) is 49.9 Å². The molecule has 0 aliphatic heterocycles. The lowest BCUT2D eigenvalue weighted by molar-refractivity contribution is -0.113. The van der Waals surface area contributed by atoms with Gasteiger partial charge in [0.05, 0.1) is 12.9 Å². The molecule has 28 heavy (non-hydrogen) atoms. The minimum atomic E-state index is 0.0917. The van der Waals surface area contributed by atoms with Crippen LogP contribution in [0, 0.1) is 13.8 Å². The summed E-state index contributed by atoms with van der Waals surface area (Å²) in [5.41, 5.74) is 3.18. The number of amides is 1. The normalized spacial score (nSPS) is 19.2. The lowest BCUT2D eigenvalue weighted by Gasteiger charge is -2.31. The molecule has 0 unspecified atom stereocenters. The average molecular weight is 416 g/mol. The molecule has 1 fully saturated rings. The van der Waals surface area contributed by atoms with Crippen LogP contribution < -0.4 is 10.1 Å². The van der Waals surface area contributed by atoms with Crippen LogP contribution in [0.1, 0.15) is 36.8 Å². The lowest BCUT2D eigenvalue weighted by atomic mass is 10.00. The number of aryl methyl sites for hydroxylation is 2. The molecule has 0 heterocycles. The first kappa shape index (κ1) is 21.1. The predicted octanol–water partition coefficient (Wildman–Crippen LogP) is 6.09. The van der Waals surface area contributed by atoms with Gasteiger partial charge in [0, 0.05) is 21.1 Å². The van der Waals surface area contributed by atoms with Gasteiger partial charge < -0.3 is 10.1 Å². The van der Waals surface area contributed by atoms with Crippen molar-refractivity contribution >= 4 is 35.1 Å². The Kier molecular flexibility index (Phi) is 7.74. The van der Waals surface area contributed by atoms with E-state index in [4.69, 9.17) is 4.74 Å². The number of methoxy groups -OCH3 is 1. The molecule has 0 radical (unpaired) electrons. The van der Waals surface area contributed by atoms with Gasteiger partial charge in [-0.2, -0.15) is 0 Å². The molecular weight excluding hydrogens is 386 g/mol. The van der Waals surface area contributed by atoms with Crippen molar-refractivity contribution in [3.05, 3.63) is 53.6 Å². The van der Waals surface area contributed by atoms with Crippen LogP contribution in [0.25, 0.3) is 0 Å². The summed E-state index contributed by atoms with van der Waals surface area (Å²) in [4.78, 5) is 13.8. The van der Waals surface area contributed by atoms with Crippen LogP contribution in [0.2, 0.25) is 0 Å². The monoisotopic (exact) mass is 415 g/mol. The molecule has 2 aromatic rings. The molecule has 1 saturated carbocycles. The number of thioether (sulfide) groups is 2. The number of anilines is 1. The Morgan fingerprint density at radius 2 is 1.71 bits per heavy atom. The molecule has 1 N–H and O–H groups in total. The van der Waals surface area contributed by atoms with Crippen molar-refractivity contribution in [2.75, 3.05) is 18.2 Å². The van der Waals surface area contributed by atoms with Crippen LogP contribution in [-0.4, -0.2) is 29.3 Å². The van der Waals surface area contributed by atoms with Gasteiger partial charge in [0.2, 0.25) is 5.91 Å². The molecule has 2 atom stereocenters. The minimum Gasteiger partial charge on any atom is -0.496 e. The van der Waals surface area contributed by atoms with E-state index in [9.17, 15) is 4.79 Å². The van der Waals surface area contributed by atoms with E-state index in [1.165, 1.54) is 30.6 Å². The van der Waals surface area contributed by atoms with Crippen molar-refractivity contribution in [1.82, 2.24) is 0 Å². The molecule has 0 bridgehead atoms. The third kappa shape index (κ3) is 5.48. The van der Waals surface area contributed by atoms with Crippen molar-refractivity contribution < 1.29 is 9.53 Å². The number of hydrogen-bond acceptors (Lipinski definition) is 4. The van der Waals surface area contributed by atoms with Crippen LogP contribution in [0.3, 0.4) is 0 Å². The van der Waals surface area contributed by atoms with Crippen LogP contribution in [0.4, 0.5) is 5.69 Å². The molecule has 3 nitrogen and oxygen atoms in total. The van der Waals surface area contributed by atoms with E-state index in [-0.39, 0.29) is 5.91 Å². The minimum absolute atomic E-state index is 0.0917. The topological polar surface area (TPSA) is 38.3 Å². The molecule has 150 valence electrons. The zero-order chi connectivity index (χ0) is 19.9. The maximum absolute atomic E-state index is 12.6. The smallest absolute Gasteiger partial charge is 0.234 e. The summed E-state index contributed by atoms with van der Waals surface area (Å²) in [6.07, 6.45) is 4.88. The number of carbonyl (C=O) groups excluding carboxylic acids is 1. The maximum atomic E-state index is 12.6. The van der Waals surface area contributed by atoms with Gasteiger partial charge in [-0.3, -0.25) is 4.79 Å². The van der Waals surface area contributed by atoms with Crippen LogP contribution >= 0.6 is 23.5 Å². The number of rotatable bonds is 7. The number of carbonyl (C=O) groups is 1. The van der Waals surface area contributed by atoms with Crippen LogP contribution in [-0.2, 0) is 4.79 Å². The first-order valence-corrected chi connectivity index (χ1v) is 11.8. The first-order chi connectivity index (χ1) is 13.6. The van der Waals surface area contributed by atoms with Crippen molar-refractivity contribution in [3.63, 3.8) is 0 Å². The van der Waals surface area contributed by atoms with Gasteiger partial charge in [0.15, 0.2) is 0 Å². The fourth-order valence-electron chi connectivity index (χ4n) is 3.64. The maximum Gasteiger partial charge on any atom is 0.234 e. The molecule has 3 rings (SSSR count). The van der Waals surface area contributed by atoms with E-state index in [0.717, 1.165) is 22.6 Å². The third-order valence-electron chi connectivity index (χ3n) is 5.16. The fourth-order valence-corrected chi connectivity index (χ4v) is 6.48. The summed E-state index contributed by atoms with van der Waals surface area (Å²) in [6, 6.07) is 14.3. The van der Waals surface area contributed by atoms with E-state index in [2.05, 4.69) is 17.4 Å². The molecule has 1 aliphatic carbocycles. The Morgan fingerprint density at radius 1 is 1.04 bits per heavy atom. The zero-order valence-corrected chi connectivity index (χ0v) is 18.5. The van der Waals surface area contributed by atoms with Gasteiger partial charge in [-0.1, -0.05) is 43.2 Å². The number of ether oxygens (including phenoxy) is 1. The van der Waals surface area contributed by atoms with Crippen molar-refractivity contribution in [3.8, 4) is 5.75 Å². The highest BCUT2D eigenvalue weighted by atomic mass is 32.2. The number of hydrogen-bond donors (Lipinski definition) is 1. The molecule has 5 heteroatoms. The highest BCUT2D eigenvalue weighted by Gasteiger charge is 2.28. The van der Waals surface area contributed by atoms with Gasteiger partial charge in [-0.15, -0.1) is 23.5 Å². The molecular formula is C23H29NO2S2. The predicted molar refractivity (Wildman–Crippen MR) is 122 cm³/mol. The lowest BCUT2D eigenvalue weighted by Crippen LogP contribution is -2.27. The first-order valence-electron chi connectivity index (χ1n) is 9.86. The highest BCUT2D eigenvalue weighted by Crippen LogP contribution is 2.42. The molecule has 2 aromatic carbocycles. The number of nitrogens with one attached hydrogen (secondary N) is 1. The summed E-state index contributed by atoms with van der Waals surface area (Å²) < 4.78 is 5.52. The molecule has 0 saturated heterocycles. The van der Waals surface area contributed by atoms with Crippen molar-refractivity contribution in [2.45, 2.75) is 54.9 Å². The molecule has 0 spiro atoms. The largest absolute Gasteiger partial charge is 0.496 e. The van der Waals surface area contributed by atoms with Crippen molar-refractivity contribution in [2.24, 2.45) is 0 Å². The zero-order valence-electron chi connectivity index (χ0n) is 16.9. The quantitative estimate of drug-likeness (QED) is 0.594. The summed E-state index contributed by atoms with van der Waals surface area (Å²) in [5, 5.41) is 4.12. The third-order valence-corrected chi connectivity index (χ3v) is 8.22. The standard InChI is InChI=1S/C23H29NO2S2/c1-16-9-8-10-17(2)23(16)24-22(25)15-27-20-13-6-7-14-21(20)28-19-12-5-4-11-18(19)26-3/h4-5,8-12,20-21H,6-7,13-15H2,1-3H3,(H,24,25)/t20-,21-/m1/s1. The number of para-hydroxylation sites is 2. The molecule has 0 aromatic heterocycles. The summed E-state index contributed by atoms with van der Waals surface area (Å²) >= 11 is 3.71. The van der Waals surface area contributed by atoms with Gasteiger partial charge in [0.25, 0.3) is 0 Å². The van der Waals surface area contributed by atoms with E-state index < -0.39 is 0 Å². The van der Waals surface area contributed by atoms with E-state index in [0.29, 0.717) is 16.3 Å². The van der Waals surface area contributed by atoms with Crippen LogP contribution in [0.5, 0.6) is 5.75 Å². The summed E-state index contributed by atoms with van der Waals surface area (Å²) in [6.45, 7) is 4.08. The fraction of sp³-hybridized carbons (Fsp3) is 0.435. The Labute approximate surface area is 177 Å². The van der Waals surface area contributed by atoms with E-state index in [1.807, 2.05) is 55.9 Å². The second-order valence-corrected chi connectivity index (χ2v) is 9.76. The average Bonchev–Trinajstić information content (AvgIpc) is 2.70. The Balaban J connectivity index is 1.59. The van der Waals surface area contributed by atoms with E-state index >= 15 is 0 Å². The summed E-state index contributed by atoms with van der Waals surface area (Å²) in [7, 11) is 1.73. The summed E-state index contributed by atoms with van der Waals surface area (Å²) in [5.74, 6) is 1.53. The second-order valence-electron chi connectivity index (χ2n) is 7.26. The molecule has 1 aliphatic rings. The van der Waals surface area contributed by atoms with E-state index in [1.54, 1.807) is 18.9 Å². The molecule has 1 amide bonds. The highest BCUT2D eigenvalue weighted by molar-refractivity contribution is 8.04. The van der Waals surface area contributed by atoms with Crippen molar-refractivity contribution in [1.29, 1.82) is 0 Å².